The fourth-order valence-electron chi connectivity index (χ4n) is 2.10. The predicted octanol–water partition coefficient (Wildman–Crippen LogP) is 1.31. The number of piperazine rings is 1. The molecule has 0 spiro atoms. The first-order valence-electron chi connectivity index (χ1n) is 7.03. The van der Waals surface area contributed by atoms with E-state index in [2.05, 4.69) is 54.2 Å². The Bertz CT molecular complexity index is 388. The van der Waals surface area contributed by atoms with E-state index in [0.717, 1.165) is 50.7 Å². The molecule has 19 heavy (non-hydrogen) atoms. The van der Waals surface area contributed by atoms with Crippen LogP contribution in [-0.4, -0.2) is 53.7 Å². The number of hydrogen-bond donors (Lipinski definition) is 1. The van der Waals surface area contributed by atoms with E-state index in [1.807, 2.05) is 0 Å². The highest BCUT2D eigenvalue weighted by molar-refractivity contribution is 5.05. The third-order valence-electron chi connectivity index (χ3n) is 3.38. The monoisotopic (exact) mass is 266 g/mol. The summed E-state index contributed by atoms with van der Waals surface area (Å²) in [7, 11) is 2.17. The minimum absolute atomic E-state index is 0.108. The lowest BCUT2D eigenvalue weighted by Gasteiger charge is -2.31. The Labute approximate surface area is 115 Å². The van der Waals surface area contributed by atoms with E-state index >= 15 is 0 Å². The van der Waals surface area contributed by atoms with Gasteiger partial charge in [0, 0.05) is 44.3 Å². The minimum atomic E-state index is 0.108. The van der Waals surface area contributed by atoms with Crippen molar-refractivity contribution >= 4 is 0 Å². The van der Waals surface area contributed by atoms with Gasteiger partial charge in [0.2, 0.25) is 0 Å². The first-order chi connectivity index (χ1) is 8.92. The Morgan fingerprint density at radius 1 is 1.26 bits per heavy atom. The molecule has 0 amide bonds. The van der Waals surface area contributed by atoms with E-state index in [1.165, 1.54) is 0 Å². The van der Waals surface area contributed by atoms with Gasteiger partial charge >= 0.3 is 0 Å². The summed E-state index contributed by atoms with van der Waals surface area (Å²) in [5, 5.41) is 7.54. The number of rotatable bonds is 4. The first kappa shape index (κ1) is 14.5. The molecule has 0 unspecified atom stereocenters. The second kappa shape index (κ2) is 6.03. The molecule has 0 aliphatic carbocycles. The van der Waals surface area contributed by atoms with Crippen molar-refractivity contribution in [2.75, 3.05) is 33.2 Å². The molecule has 2 heterocycles. The van der Waals surface area contributed by atoms with E-state index in [4.69, 9.17) is 4.52 Å². The second-order valence-corrected chi connectivity index (χ2v) is 6.47. The maximum absolute atomic E-state index is 5.41. The van der Waals surface area contributed by atoms with Crippen LogP contribution in [0.15, 0.2) is 10.6 Å². The summed E-state index contributed by atoms with van der Waals surface area (Å²) < 4.78 is 5.41. The molecule has 0 saturated carbocycles. The Hall–Kier alpha value is -0.910. The Kier molecular flexibility index (Phi) is 4.60. The number of hydrogen-bond acceptors (Lipinski definition) is 5. The molecule has 108 valence electrons. The molecular weight excluding hydrogens is 240 g/mol. The zero-order valence-electron chi connectivity index (χ0n) is 12.6. The van der Waals surface area contributed by atoms with Crippen LogP contribution in [0.25, 0.3) is 0 Å². The molecular formula is C14H26N4O. The maximum atomic E-state index is 5.41. The molecule has 5 nitrogen and oxygen atoms in total. The SMILES string of the molecule is CN1CCN(Cc2cc(CNC(C)(C)C)no2)CC1. The van der Waals surface area contributed by atoms with Crippen molar-refractivity contribution < 1.29 is 4.52 Å². The molecule has 1 aromatic rings. The van der Waals surface area contributed by atoms with Gasteiger partial charge < -0.3 is 14.7 Å². The normalized spacial score (nSPS) is 18.9. The molecule has 0 aromatic carbocycles. The average Bonchev–Trinajstić information content (AvgIpc) is 2.77. The Morgan fingerprint density at radius 2 is 1.95 bits per heavy atom. The van der Waals surface area contributed by atoms with Gasteiger partial charge in [0.1, 0.15) is 0 Å². The van der Waals surface area contributed by atoms with Gasteiger partial charge in [-0.15, -0.1) is 0 Å². The van der Waals surface area contributed by atoms with Crippen molar-refractivity contribution in [3.8, 4) is 0 Å². The highest BCUT2D eigenvalue weighted by Crippen LogP contribution is 2.10. The standard InChI is InChI=1S/C14H26N4O/c1-14(2,3)15-10-12-9-13(19-16-12)11-18-7-5-17(4)6-8-18/h9,15H,5-8,10-11H2,1-4H3. The average molecular weight is 266 g/mol. The largest absolute Gasteiger partial charge is 0.360 e. The van der Waals surface area contributed by atoms with E-state index in [9.17, 15) is 0 Å². The van der Waals surface area contributed by atoms with Crippen LogP contribution in [0.3, 0.4) is 0 Å². The summed E-state index contributed by atoms with van der Waals surface area (Å²) in [5.74, 6) is 0.968. The Balaban J connectivity index is 1.80. The summed E-state index contributed by atoms with van der Waals surface area (Å²) in [6.07, 6.45) is 0. The van der Waals surface area contributed by atoms with E-state index in [-0.39, 0.29) is 5.54 Å². The lowest BCUT2D eigenvalue weighted by atomic mass is 10.1. The van der Waals surface area contributed by atoms with Gasteiger partial charge in [-0.3, -0.25) is 4.90 Å². The fourth-order valence-corrected chi connectivity index (χ4v) is 2.10. The number of aromatic nitrogens is 1. The molecule has 1 aromatic heterocycles. The molecule has 0 bridgehead atoms. The van der Waals surface area contributed by atoms with Crippen LogP contribution in [0, 0.1) is 0 Å². The predicted molar refractivity (Wildman–Crippen MR) is 75.9 cm³/mol. The van der Waals surface area contributed by atoms with Gasteiger partial charge in [0.25, 0.3) is 0 Å². The van der Waals surface area contributed by atoms with Crippen molar-refractivity contribution in [3.05, 3.63) is 17.5 Å². The fraction of sp³-hybridized carbons (Fsp3) is 0.786. The van der Waals surface area contributed by atoms with Crippen molar-refractivity contribution in [1.82, 2.24) is 20.3 Å². The second-order valence-electron chi connectivity index (χ2n) is 6.47. The molecule has 0 atom stereocenters. The highest BCUT2D eigenvalue weighted by atomic mass is 16.5. The number of nitrogens with zero attached hydrogens (tertiary/aromatic N) is 3. The third kappa shape index (κ3) is 4.93. The van der Waals surface area contributed by atoms with E-state index < -0.39 is 0 Å². The summed E-state index contributed by atoms with van der Waals surface area (Å²) in [6, 6.07) is 2.07. The third-order valence-corrected chi connectivity index (χ3v) is 3.38. The summed E-state index contributed by atoms with van der Waals surface area (Å²) in [4.78, 5) is 4.77. The zero-order valence-corrected chi connectivity index (χ0v) is 12.6. The molecule has 1 fully saturated rings. The summed E-state index contributed by atoms with van der Waals surface area (Å²) in [5.41, 5.74) is 1.09. The first-order valence-corrected chi connectivity index (χ1v) is 7.03. The molecule has 1 aliphatic heterocycles. The van der Waals surface area contributed by atoms with Gasteiger partial charge in [-0.2, -0.15) is 0 Å². The van der Waals surface area contributed by atoms with Gasteiger partial charge in [-0.1, -0.05) is 5.16 Å². The van der Waals surface area contributed by atoms with Crippen LogP contribution >= 0.6 is 0 Å². The topological polar surface area (TPSA) is 44.5 Å². The summed E-state index contributed by atoms with van der Waals surface area (Å²) >= 11 is 0. The van der Waals surface area contributed by atoms with Crippen LogP contribution in [-0.2, 0) is 13.1 Å². The maximum Gasteiger partial charge on any atom is 0.151 e. The zero-order chi connectivity index (χ0) is 13.9. The van der Waals surface area contributed by atoms with Crippen LogP contribution in [0.4, 0.5) is 0 Å². The minimum Gasteiger partial charge on any atom is -0.360 e. The lowest BCUT2D eigenvalue weighted by molar-refractivity contribution is 0.137. The van der Waals surface area contributed by atoms with Crippen molar-refractivity contribution in [2.45, 2.75) is 39.4 Å². The van der Waals surface area contributed by atoms with Crippen LogP contribution < -0.4 is 5.32 Å². The lowest BCUT2D eigenvalue weighted by Crippen LogP contribution is -2.43. The van der Waals surface area contributed by atoms with Crippen molar-refractivity contribution in [3.63, 3.8) is 0 Å². The molecule has 2 rings (SSSR count). The van der Waals surface area contributed by atoms with Crippen LogP contribution in [0.1, 0.15) is 32.2 Å². The van der Waals surface area contributed by atoms with Gasteiger partial charge in [0.05, 0.1) is 12.2 Å². The van der Waals surface area contributed by atoms with Gasteiger partial charge in [-0.05, 0) is 27.8 Å². The Morgan fingerprint density at radius 3 is 2.58 bits per heavy atom. The van der Waals surface area contributed by atoms with E-state index in [1.54, 1.807) is 0 Å². The number of nitrogens with one attached hydrogen (secondary N) is 1. The van der Waals surface area contributed by atoms with Crippen LogP contribution in [0.5, 0.6) is 0 Å². The van der Waals surface area contributed by atoms with Gasteiger partial charge in [-0.25, -0.2) is 0 Å². The number of likely N-dealkylation sites (N-methyl/N-ethyl adjacent to an activating group) is 1. The van der Waals surface area contributed by atoms with Gasteiger partial charge in [0.15, 0.2) is 5.76 Å². The summed E-state index contributed by atoms with van der Waals surface area (Å²) in [6.45, 7) is 12.6. The molecule has 1 N–H and O–H groups in total. The molecule has 5 heteroatoms. The highest BCUT2D eigenvalue weighted by Gasteiger charge is 2.16. The van der Waals surface area contributed by atoms with Crippen molar-refractivity contribution in [1.29, 1.82) is 0 Å². The molecule has 1 aliphatic rings. The quantitative estimate of drug-likeness (QED) is 0.890. The molecule has 0 radical (unpaired) electrons. The van der Waals surface area contributed by atoms with Crippen LogP contribution in [0.2, 0.25) is 0 Å². The van der Waals surface area contributed by atoms with Crippen molar-refractivity contribution in [2.24, 2.45) is 0 Å². The molecule has 1 saturated heterocycles. The smallest absolute Gasteiger partial charge is 0.151 e. The van der Waals surface area contributed by atoms with E-state index in [0.29, 0.717) is 0 Å².